The molecule has 1 fully saturated rings. The molecule has 1 aliphatic heterocycles. The first-order valence-electron chi connectivity index (χ1n) is 10.9. The number of rotatable bonds is 5. The summed E-state index contributed by atoms with van der Waals surface area (Å²) in [5.41, 5.74) is 14.1. The van der Waals surface area contributed by atoms with Gasteiger partial charge in [0.1, 0.15) is 5.69 Å². The molecule has 9 nitrogen and oxygen atoms in total. The summed E-state index contributed by atoms with van der Waals surface area (Å²) in [6, 6.07) is 13.3. The number of carbonyl (C=O) groups excluding carboxylic acids is 3. The van der Waals surface area contributed by atoms with Gasteiger partial charge in [0.15, 0.2) is 0 Å². The van der Waals surface area contributed by atoms with Gasteiger partial charge in [-0.15, -0.1) is 0 Å². The van der Waals surface area contributed by atoms with Gasteiger partial charge in [-0.25, -0.2) is 9.97 Å². The Morgan fingerprint density at radius 2 is 1.73 bits per heavy atom. The first-order chi connectivity index (χ1) is 15.9. The zero-order valence-corrected chi connectivity index (χ0v) is 18.0. The predicted octanol–water partition coefficient (Wildman–Crippen LogP) is 1.39. The number of fused-ring (bicyclic) bond motifs is 2. The molecule has 0 saturated heterocycles. The molecule has 2 heterocycles. The Labute approximate surface area is 190 Å². The Kier molecular flexibility index (Phi) is 4.96. The van der Waals surface area contributed by atoms with Crippen LogP contribution in [0.3, 0.4) is 0 Å². The third-order valence-electron chi connectivity index (χ3n) is 6.66. The SMILES string of the molecule is NC(=O)CNC(=O)C1(c2ccc3nc(N)nc(C(=O)N4Cc5ccccc5C4)c3c2)CCC1. The highest BCUT2D eigenvalue weighted by atomic mass is 16.2. The molecule has 168 valence electrons. The van der Waals surface area contributed by atoms with Crippen LogP contribution in [-0.4, -0.2) is 39.1 Å². The Bertz CT molecular complexity index is 1280. The third-order valence-corrected chi connectivity index (χ3v) is 6.66. The van der Waals surface area contributed by atoms with Crippen molar-refractivity contribution in [2.75, 3.05) is 12.3 Å². The second-order valence-corrected chi connectivity index (χ2v) is 8.68. The minimum absolute atomic E-state index is 0.0212. The van der Waals surface area contributed by atoms with E-state index in [1.165, 1.54) is 0 Å². The summed E-state index contributed by atoms with van der Waals surface area (Å²) in [4.78, 5) is 47.9. The van der Waals surface area contributed by atoms with E-state index >= 15 is 0 Å². The fourth-order valence-corrected chi connectivity index (χ4v) is 4.75. The molecule has 5 rings (SSSR count). The van der Waals surface area contributed by atoms with E-state index in [2.05, 4.69) is 15.3 Å². The van der Waals surface area contributed by atoms with Gasteiger partial charge in [-0.3, -0.25) is 14.4 Å². The van der Waals surface area contributed by atoms with Crippen LogP contribution in [0, 0.1) is 0 Å². The number of nitrogens with zero attached hydrogens (tertiary/aromatic N) is 3. The van der Waals surface area contributed by atoms with Crippen LogP contribution in [0.2, 0.25) is 0 Å². The molecule has 33 heavy (non-hydrogen) atoms. The lowest BCUT2D eigenvalue weighted by Gasteiger charge is -2.40. The molecule has 2 aliphatic rings. The largest absolute Gasteiger partial charge is 0.368 e. The highest BCUT2D eigenvalue weighted by Crippen LogP contribution is 2.45. The number of hydrogen-bond donors (Lipinski definition) is 3. The molecule has 5 N–H and O–H groups in total. The Morgan fingerprint density at radius 3 is 2.33 bits per heavy atom. The predicted molar refractivity (Wildman–Crippen MR) is 122 cm³/mol. The number of benzene rings is 2. The van der Waals surface area contributed by atoms with Crippen molar-refractivity contribution in [3.05, 3.63) is 64.8 Å². The molecule has 1 aliphatic carbocycles. The molecule has 0 atom stereocenters. The van der Waals surface area contributed by atoms with Crippen molar-refractivity contribution >= 4 is 34.6 Å². The highest BCUT2D eigenvalue weighted by Gasteiger charge is 2.45. The van der Waals surface area contributed by atoms with Crippen LogP contribution in [0.4, 0.5) is 5.95 Å². The average Bonchev–Trinajstić information content (AvgIpc) is 3.20. The summed E-state index contributed by atoms with van der Waals surface area (Å²) in [6.45, 7) is 0.784. The van der Waals surface area contributed by atoms with Gasteiger partial charge in [0.25, 0.3) is 5.91 Å². The fourth-order valence-electron chi connectivity index (χ4n) is 4.75. The Balaban J connectivity index is 1.52. The van der Waals surface area contributed by atoms with Crippen molar-refractivity contribution in [1.29, 1.82) is 0 Å². The quantitative estimate of drug-likeness (QED) is 0.542. The molecule has 0 spiro atoms. The second kappa shape index (κ2) is 7.84. The van der Waals surface area contributed by atoms with Crippen molar-refractivity contribution in [3.63, 3.8) is 0 Å². The smallest absolute Gasteiger partial charge is 0.273 e. The number of carbonyl (C=O) groups is 3. The molecular formula is C24H24N6O3. The van der Waals surface area contributed by atoms with Crippen LogP contribution >= 0.6 is 0 Å². The number of anilines is 1. The van der Waals surface area contributed by atoms with Gasteiger partial charge >= 0.3 is 0 Å². The molecule has 3 aromatic rings. The highest BCUT2D eigenvalue weighted by molar-refractivity contribution is 6.05. The summed E-state index contributed by atoms with van der Waals surface area (Å²) in [7, 11) is 0. The van der Waals surface area contributed by atoms with Crippen LogP contribution in [0.1, 0.15) is 46.4 Å². The number of nitrogens with one attached hydrogen (secondary N) is 1. The van der Waals surface area contributed by atoms with Gasteiger partial charge in [0, 0.05) is 18.5 Å². The van der Waals surface area contributed by atoms with Gasteiger partial charge in [0.2, 0.25) is 17.8 Å². The van der Waals surface area contributed by atoms with E-state index in [1.807, 2.05) is 36.4 Å². The van der Waals surface area contributed by atoms with Crippen LogP contribution in [0.15, 0.2) is 42.5 Å². The molecule has 1 saturated carbocycles. The summed E-state index contributed by atoms with van der Waals surface area (Å²) < 4.78 is 0. The number of aromatic nitrogens is 2. The Morgan fingerprint density at radius 1 is 1.03 bits per heavy atom. The van der Waals surface area contributed by atoms with Crippen LogP contribution in [0.5, 0.6) is 0 Å². The van der Waals surface area contributed by atoms with E-state index in [1.54, 1.807) is 11.0 Å². The van der Waals surface area contributed by atoms with E-state index in [0.717, 1.165) is 23.1 Å². The average molecular weight is 444 g/mol. The lowest BCUT2D eigenvalue weighted by Crippen LogP contribution is -2.50. The topological polar surface area (TPSA) is 144 Å². The molecule has 3 amide bonds. The molecule has 0 unspecified atom stereocenters. The minimum Gasteiger partial charge on any atom is -0.368 e. The van der Waals surface area contributed by atoms with Crippen molar-refractivity contribution < 1.29 is 14.4 Å². The van der Waals surface area contributed by atoms with Crippen LogP contribution in [0.25, 0.3) is 10.9 Å². The fraction of sp³-hybridized carbons (Fsp3) is 0.292. The number of nitrogens with two attached hydrogens (primary N) is 2. The van der Waals surface area contributed by atoms with Crippen molar-refractivity contribution in [3.8, 4) is 0 Å². The number of amides is 3. The van der Waals surface area contributed by atoms with Gasteiger partial charge in [0.05, 0.1) is 17.5 Å². The van der Waals surface area contributed by atoms with E-state index < -0.39 is 11.3 Å². The zero-order chi connectivity index (χ0) is 23.2. The maximum atomic E-state index is 13.5. The van der Waals surface area contributed by atoms with Gasteiger partial charge in [-0.1, -0.05) is 36.8 Å². The number of nitrogen functional groups attached to an aromatic ring is 1. The first-order valence-corrected chi connectivity index (χ1v) is 10.9. The van der Waals surface area contributed by atoms with Crippen LogP contribution < -0.4 is 16.8 Å². The third kappa shape index (κ3) is 3.55. The van der Waals surface area contributed by atoms with E-state index in [0.29, 0.717) is 36.8 Å². The molecule has 9 heteroatoms. The molecular weight excluding hydrogens is 420 g/mol. The van der Waals surface area contributed by atoms with E-state index in [9.17, 15) is 14.4 Å². The van der Waals surface area contributed by atoms with Crippen molar-refractivity contribution in [1.82, 2.24) is 20.2 Å². The van der Waals surface area contributed by atoms with Crippen molar-refractivity contribution in [2.45, 2.75) is 37.8 Å². The van der Waals surface area contributed by atoms with Gasteiger partial charge < -0.3 is 21.7 Å². The zero-order valence-electron chi connectivity index (χ0n) is 18.0. The Hall–Kier alpha value is -4.01. The second-order valence-electron chi connectivity index (χ2n) is 8.68. The maximum absolute atomic E-state index is 13.5. The van der Waals surface area contributed by atoms with E-state index in [-0.39, 0.29) is 30.0 Å². The minimum atomic E-state index is -0.769. The molecule has 2 aromatic carbocycles. The van der Waals surface area contributed by atoms with E-state index in [4.69, 9.17) is 11.5 Å². The lowest BCUT2D eigenvalue weighted by molar-refractivity contribution is -0.131. The first kappa shape index (κ1) is 20.9. The van der Waals surface area contributed by atoms with Gasteiger partial charge in [-0.2, -0.15) is 0 Å². The normalized spacial score (nSPS) is 16.2. The van der Waals surface area contributed by atoms with Crippen LogP contribution in [-0.2, 0) is 28.1 Å². The standard InChI is InChI=1S/C24H24N6O3/c25-19(31)11-27-22(33)24(8-3-9-24)16-6-7-18-17(10-16)20(29-23(26)28-18)21(32)30-12-14-4-1-2-5-15(14)13-30/h1-2,4-7,10H,3,8-9,11-13H2,(H2,25,31)(H,27,33)(H2,26,28,29). The number of primary amides is 1. The lowest BCUT2D eigenvalue weighted by atomic mass is 9.63. The monoisotopic (exact) mass is 444 g/mol. The molecule has 1 aromatic heterocycles. The summed E-state index contributed by atoms with van der Waals surface area (Å²) in [6.07, 6.45) is 2.17. The summed E-state index contributed by atoms with van der Waals surface area (Å²) in [5.74, 6) is -1.05. The molecule has 0 bridgehead atoms. The summed E-state index contributed by atoms with van der Waals surface area (Å²) in [5, 5.41) is 3.19. The van der Waals surface area contributed by atoms with Crippen molar-refractivity contribution in [2.24, 2.45) is 5.73 Å². The van der Waals surface area contributed by atoms with Gasteiger partial charge in [-0.05, 0) is 41.7 Å². The summed E-state index contributed by atoms with van der Waals surface area (Å²) >= 11 is 0. The number of hydrogen-bond acceptors (Lipinski definition) is 6. The maximum Gasteiger partial charge on any atom is 0.273 e. The molecule has 0 radical (unpaired) electrons.